The first-order valence-electron chi connectivity index (χ1n) is 4.27. The predicted octanol–water partition coefficient (Wildman–Crippen LogP) is 2.97. The van der Waals surface area contributed by atoms with Crippen LogP contribution in [0.2, 0.25) is 5.02 Å². The zero-order valence-electron chi connectivity index (χ0n) is 8.15. The number of aromatic hydroxyl groups is 1. The molecule has 84 valence electrons. The largest absolute Gasteiger partial charge is 0.504 e. The van der Waals surface area contributed by atoms with E-state index in [9.17, 15) is 9.90 Å². The smallest absolute Gasteiger partial charge is 0.347 e. The number of benzene rings is 1. The minimum Gasteiger partial charge on any atom is -0.504 e. The van der Waals surface area contributed by atoms with Crippen molar-refractivity contribution in [2.24, 2.45) is 0 Å². The number of fused-ring (bicyclic) bond motifs is 1. The lowest BCUT2D eigenvalue weighted by atomic mass is 10.2. The van der Waals surface area contributed by atoms with Crippen LogP contribution in [0, 0.1) is 0 Å². The summed E-state index contributed by atoms with van der Waals surface area (Å²) in [7, 11) is 1.42. The van der Waals surface area contributed by atoms with Gasteiger partial charge in [-0.1, -0.05) is 11.6 Å². The normalized spacial score (nSPS) is 10.6. The Balaban J connectivity index is 2.77. The van der Waals surface area contributed by atoms with Crippen LogP contribution in [0.3, 0.4) is 0 Å². The van der Waals surface area contributed by atoms with Crippen LogP contribution in [0.15, 0.2) is 12.1 Å². The number of ether oxygens (including phenoxy) is 1. The maximum atomic E-state index is 10.9. The number of phenols is 1. The maximum Gasteiger partial charge on any atom is 0.347 e. The summed E-state index contributed by atoms with van der Waals surface area (Å²) in [6.45, 7) is 0. The van der Waals surface area contributed by atoms with Gasteiger partial charge in [0, 0.05) is 16.2 Å². The van der Waals surface area contributed by atoms with Gasteiger partial charge in [-0.3, -0.25) is 0 Å². The fourth-order valence-corrected chi connectivity index (χ4v) is 2.74. The fraction of sp³-hybridized carbons (Fsp3) is 0.100. The first kappa shape index (κ1) is 11.0. The van der Waals surface area contributed by atoms with E-state index in [-0.39, 0.29) is 21.4 Å². The standard InChI is InChI=1S/C10H7ClO4S/c1-15-6-2-4-7(3-5(6)12)16-9(8(4)11)10(13)14/h2-3,12H,1H3,(H,13,14). The predicted molar refractivity (Wildman–Crippen MR) is 62.0 cm³/mol. The molecular weight excluding hydrogens is 252 g/mol. The Bertz CT molecular complexity index is 576. The zero-order chi connectivity index (χ0) is 11.9. The van der Waals surface area contributed by atoms with E-state index < -0.39 is 5.97 Å². The Morgan fingerprint density at radius 3 is 2.75 bits per heavy atom. The van der Waals surface area contributed by atoms with E-state index in [4.69, 9.17) is 21.4 Å². The SMILES string of the molecule is COc1cc2c(Cl)c(C(=O)O)sc2cc1O. The number of thiophene rings is 1. The van der Waals surface area contributed by atoms with Crippen LogP contribution < -0.4 is 4.74 Å². The molecule has 2 N–H and O–H groups in total. The third-order valence-electron chi connectivity index (χ3n) is 2.12. The molecule has 0 amide bonds. The van der Waals surface area contributed by atoms with Crippen LogP contribution >= 0.6 is 22.9 Å². The molecule has 0 saturated heterocycles. The second-order valence-corrected chi connectivity index (χ2v) is 4.50. The Morgan fingerprint density at radius 2 is 2.19 bits per heavy atom. The van der Waals surface area contributed by atoms with Crippen molar-refractivity contribution in [2.45, 2.75) is 0 Å². The van der Waals surface area contributed by atoms with E-state index >= 15 is 0 Å². The monoisotopic (exact) mass is 258 g/mol. The topological polar surface area (TPSA) is 66.8 Å². The van der Waals surface area contributed by atoms with Crippen molar-refractivity contribution in [1.82, 2.24) is 0 Å². The van der Waals surface area contributed by atoms with Crippen LogP contribution in [0.4, 0.5) is 0 Å². The number of carbonyl (C=O) groups is 1. The Kier molecular flexibility index (Phi) is 2.65. The second kappa shape index (κ2) is 3.84. The number of halogens is 1. The molecule has 0 bridgehead atoms. The summed E-state index contributed by atoms with van der Waals surface area (Å²) in [5, 5.41) is 19.2. The van der Waals surface area contributed by atoms with Gasteiger partial charge in [-0.05, 0) is 6.07 Å². The molecule has 6 heteroatoms. The highest BCUT2D eigenvalue weighted by Crippen LogP contribution is 2.41. The number of phenolic OH excluding ortho intramolecular Hbond substituents is 1. The number of hydrogen-bond acceptors (Lipinski definition) is 4. The van der Waals surface area contributed by atoms with Crippen LogP contribution in [0.1, 0.15) is 9.67 Å². The summed E-state index contributed by atoms with van der Waals surface area (Å²) < 4.78 is 5.54. The quantitative estimate of drug-likeness (QED) is 0.869. The van der Waals surface area contributed by atoms with Gasteiger partial charge in [0.1, 0.15) is 4.88 Å². The molecular formula is C10H7ClO4S. The van der Waals surface area contributed by atoms with E-state index in [1.54, 1.807) is 0 Å². The molecule has 0 atom stereocenters. The fourth-order valence-electron chi connectivity index (χ4n) is 1.38. The lowest BCUT2D eigenvalue weighted by Crippen LogP contribution is -1.91. The van der Waals surface area contributed by atoms with Crippen molar-refractivity contribution in [1.29, 1.82) is 0 Å². The highest BCUT2D eigenvalue weighted by Gasteiger charge is 2.18. The Morgan fingerprint density at radius 1 is 1.50 bits per heavy atom. The summed E-state index contributed by atoms with van der Waals surface area (Å²) in [6.07, 6.45) is 0. The molecule has 1 aromatic heterocycles. The van der Waals surface area contributed by atoms with E-state index in [0.717, 1.165) is 11.3 Å². The molecule has 0 aliphatic heterocycles. The molecule has 0 spiro atoms. The van der Waals surface area contributed by atoms with Crippen molar-refractivity contribution in [3.63, 3.8) is 0 Å². The van der Waals surface area contributed by atoms with Crippen molar-refractivity contribution in [3.05, 3.63) is 22.0 Å². The van der Waals surface area contributed by atoms with Gasteiger partial charge in [0.25, 0.3) is 0 Å². The Labute approximate surface area is 99.7 Å². The van der Waals surface area contributed by atoms with Crippen molar-refractivity contribution in [2.75, 3.05) is 7.11 Å². The highest BCUT2D eigenvalue weighted by molar-refractivity contribution is 7.21. The maximum absolute atomic E-state index is 10.9. The van der Waals surface area contributed by atoms with Crippen LogP contribution in [0.5, 0.6) is 11.5 Å². The first-order valence-corrected chi connectivity index (χ1v) is 5.46. The van der Waals surface area contributed by atoms with Crippen molar-refractivity contribution >= 4 is 39.0 Å². The van der Waals surface area contributed by atoms with Crippen LogP contribution in [0.25, 0.3) is 10.1 Å². The third-order valence-corrected chi connectivity index (χ3v) is 3.77. The molecule has 0 aliphatic carbocycles. The van der Waals surface area contributed by atoms with Crippen LogP contribution in [-0.4, -0.2) is 23.3 Å². The number of methoxy groups -OCH3 is 1. The number of rotatable bonds is 2. The molecule has 1 heterocycles. The molecule has 4 nitrogen and oxygen atoms in total. The molecule has 1 aromatic carbocycles. The highest BCUT2D eigenvalue weighted by atomic mass is 35.5. The number of hydrogen-bond donors (Lipinski definition) is 2. The van der Waals surface area contributed by atoms with Crippen molar-refractivity contribution < 1.29 is 19.7 Å². The van der Waals surface area contributed by atoms with Gasteiger partial charge < -0.3 is 14.9 Å². The molecule has 0 radical (unpaired) electrons. The summed E-state index contributed by atoms with van der Waals surface area (Å²) in [5.41, 5.74) is 0. The van der Waals surface area contributed by atoms with Gasteiger partial charge in [0.15, 0.2) is 11.5 Å². The minimum atomic E-state index is -1.08. The van der Waals surface area contributed by atoms with E-state index in [0.29, 0.717) is 10.1 Å². The Hall–Kier alpha value is -1.46. The molecule has 2 aromatic rings. The van der Waals surface area contributed by atoms with Gasteiger partial charge in [-0.2, -0.15) is 0 Å². The molecule has 0 unspecified atom stereocenters. The summed E-state index contributed by atoms with van der Waals surface area (Å²) in [4.78, 5) is 10.9. The first-order chi connectivity index (χ1) is 7.54. The molecule has 0 aliphatic rings. The van der Waals surface area contributed by atoms with Gasteiger partial charge >= 0.3 is 5.97 Å². The van der Waals surface area contributed by atoms with E-state index in [1.165, 1.54) is 19.2 Å². The van der Waals surface area contributed by atoms with Gasteiger partial charge in [-0.25, -0.2) is 4.79 Å². The average molecular weight is 259 g/mol. The summed E-state index contributed by atoms with van der Waals surface area (Å²) in [5.74, 6) is -0.848. The molecule has 0 fully saturated rings. The van der Waals surface area contributed by atoms with Gasteiger partial charge in [0.2, 0.25) is 0 Å². The van der Waals surface area contributed by atoms with E-state index in [1.807, 2.05) is 0 Å². The number of carboxylic acids is 1. The lowest BCUT2D eigenvalue weighted by Gasteiger charge is -2.02. The summed E-state index contributed by atoms with van der Waals surface area (Å²) in [6, 6.07) is 2.97. The minimum absolute atomic E-state index is 0.0372. The average Bonchev–Trinajstić information content (AvgIpc) is 2.54. The second-order valence-electron chi connectivity index (χ2n) is 3.07. The molecule has 2 rings (SSSR count). The van der Waals surface area contributed by atoms with E-state index in [2.05, 4.69) is 0 Å². The number of carboxylic acid groups (broad SMARTS) is 1. The van der Waals surface area contributed by atoms with Gasteiger partial charge in [0.05, 0.1) is 12.1 Å². The van der Waals surface area contributed by atoms with Crippen molar-refractivity contribution in [3.8, 4) is 11.5 Å². The molecule has 16 heavy (non-hydrogen) atoms. The van der Waals surface area contributed by atoms with Gasteiger partial charge in [-0.15, -0.1) is 11.3 Å². The zero-order valence-corrected chi connectivity index (χ0v) is 9.72. The summed E-state index contributed by atoms with van der Waals surface area (Å²) >= 11 is 6.94. The number of aromatic carboxylic acids is 1. The van der Waals surface area contributed by atoms with Crippen LogP contribution in [-0.2, 0) is 0 Å². The lowest BCUT2D eigenvalue weighted by molar-refractivity contribution is 0.0702. The third kappa shape index (κ3) is 1.58. The molecule has 0 saturated carbocycles.